The number of hydrogen-bond acceptors (Lipinski definition) is 4. The van der Waals surface area contributed by atoms with E-state index in [1.54, 1.807) is 0 Å². The van der Waals surface area contributed by atoms with Crippen LogP contribution in [0.2, 0.25) is 0 Å². The molecule has 2 atom stereocenters. The van der Waals surface area contributed by atoms with Crippen molar-refractivity contribution in [3.63, 3.8) is 0 Å². The van der Waals surface area contributed by atoms with Crippen molar-refractivity contribution < 1.29 is 42.4 Å². The van der Waals surface area contributed by atoms with Crippen LogP contribution < -0.4 is 5.32 Å². The summed E-state index contributed by atoms with van der Waals surface area (Å²) in [5.41, 5.74) is -1.42. The van der Waals surface area contributed by atoms with Crippen molar-refractivity contribution in [2.45, 2.75) is 19.0 Å². The summed E-state index contributed by atoms with van der Waals surface area (Å²) in [6.07, 6.45) is -7.02. The number of carboxylic acid groups (broad SMARTS) is 2. The van der Waals surface area contributed by atoms with Gasteiger partial charge in [0, 0.05) is 18.3 Å². The van der Waals surface area contributed by atoms with Gasteiger partial charge in [0.15, 0.2) is 0 Å². The number of alkyl halides is 3. The molecule has 0 aliphatic rings. The predicted octanol–water partition coefficient (Wildman–Crippen LogP) is 2.91. The van der Waals surface area contributed by atoms with Crippen molar-refractivity contribution in [3.8, 4) is 0 Å². The topological polar surface area (TPSA) is 124 Å². The molecule has 25 heavy (non-hydrogen) atoms. The molecule has 0 bridgehead atoms. The molecule has 0 saturated heterocycles. The lowest BCUT2D eigenvalue weighted by Gasteiger charge is -2.19. The number of hydrogen-bond donors (Lipinski definition) is 4. The molecule has 0 saturated carbocycles. The summed E-state index contributed by atoms with van der Waals surface area (Å²) in [5, 5.41) is 19.8. The van der Waals surface area contributed by atoms with E-state index in [4.69, 9.17) is 10.2 Å². The maximum Gasteiger partial charge on any atom is 0.418 e. The van der Waals surface area contributed by atoms with Crippen LogP contribution in [0.25, 0.3) is 0 Å². The first kappa shape index (κ1) is 21.0. The number of benzene rings is 1. The third-order valence-electron chi connectivity index (χ3n) is 3.31. The second-order valence-electron chi connectivity index (χ2n) is 5.37. The molecule has 1 rings (SSSR count). The lowest BCUT2D eigenvalue weighted by Crippen LogP contribution is -2.21. The minimum Gasteiger partial charge on any atom is -0.481 e. The number of para-hydroxylation sites is 1. The Morgan fingerprint density at radius 1 is 1.20 bits per heavy atom. The van der Waals surface area contributed by atoms with Gasteiger partial charge in [-0.1, -0.05) is 12.1 Å². The second kappa shape index (κ2) is 8.35. The molecule has 0 radical (unpaired) electrons. The third-order valence-corrected chi connectivity index (χ3v) is 4.97. The highest BCUT2D eigenvalue weighted by atomic mass is 31.2. The van der Waals surface area contributed by atoms with Crippen molar-refractivity contribution in [1.29, 1.82) is 0 Å². The van der Waals surface area contributed by atoms with Crippen LogP contribution in [0.4, 0.5) is 18.9 Å². The Morgan fingerprint density at radius 2 is 1.80 bits per heavy atom. The molecular weight excluding hydrogens is 366 g/mol. The van der Waals surface area contributed by atoms with Crippen molar-refractivity contribution in [3.05, 3.63) is 29.8 Å². The van der Waals surface area contributed by atoms with Crippen LogP contribution in [0.15, 0.2) is 24.3 Å². The van der Waals surface area contributed by atoms with Crippen LogP contribution in [0.5, 0.6) is 0 Å². The average Bonchev–Trinajstić information content (AvgIpc) is 2.48. The molecule has 4 N–H and O–H groups in total. The van der Waals surface area contributed by atoms with Crippen LogP contribution in [0.1, 0.15) is 18.4 Å². The van der Waals surface area contributed by atoms with E-state index >= 15 is 0 Å². The average molecular weight is 383 g/mol. The first-order valence-electron chi connectivity index (χ1n) is 7.08. The van der Waals surface area contributed by atoms with Crippen molar-refractivity contribution in [2.75, 3.05) is 17.8 Å². The van der Waals surface area contributed by atoms with Crippen molar-refractivity contribution >= 4 is 25.0 Å². The van der Waals surface area contributed by atoms with Gasteiger partial charge in [-0.25, -0.2) is 0 Å². The van der Waals surface area contributed by atoms with Gasteiger partial charge in [0.2, 0.25) is 7.37 Å². The lowest BCUT2D eigenvalue weighted by atomic mass is 10.1. The zero-order valence-corrected chi connectivity index (χ0v) is 13.8. The quantitative estimate of drug-likeness (QED) is 0.483. The predicted molar refractivity (Wildman–Crippen MR) is 82.6 cm³/mol. The van der Waals surface area contributed by atoms with E-state index in [0.29, 0.717) is 0 Å². The van der Waals surface area contributed by atoms with Gasteiger partial charge in [-0.05, 0) is 18.6 Å². The Morgan fingerprint density at radius 3 is 2.32 bits per heavy atom. The van der Waals surface area contributed by atoms with Crippen LogP contribution >= 0.6 is 7.37 Å². The molecule has 0 amide bonds. The zero-order chi connectivity index (χ0) is 19.3. The second-order valence-corrected chi connectivity index (χ2v) is 7.75. The highest BCUT2D eigenvalue weighted by Crippen LogP contribution is 2.44. The maximum absolute atomic E-state index is 12.9. The number of aliphatic carboxylic acids is 2. The molecule has 1 aromatic carbocycles. The van der Waals surface area contributed by atoms with Crippen LogP contribution in [-0.2, 0) is 20.3 Å². The first-order chi connectivity index (χ1) is 11.4. The van der Waals surface area contributed by atoms with Gasteiger partial charge >= 0.3 is 18.1 Å². The molecule has 140 valence electrons. The summed E-state index contributed by atoms with van der Waals surface area (Å²) in [6.45, 7) is 0. The Bertz CT molecular complexity index is 679. The van der Waals surface area contributed by atoms with Gasteiger partial charge in [0.25, 0.3) is 0 Å². The lowest BCUT2D eigenvalue weighted by molar-refractivity contribution is -0.142. The molecule has 2 unspecified atom stereocenters. The summed E-state index contributed by atoms with van der Waals surface area (Å²) in [5.74, 6) is -4.07. The number of nitrogens with one attached hydrogen (secondary N) is 1. The summed E-state index contributed by atoms with van der Waals surface area (Å²) in [4.78, 5) is 31.4. The third kappa shape index (κ3) is 7.15. The molecule has 11 heteroatoms. The molecule has 0 aromatic heterocycles. The monoisotopic (exact) mass is 383 g/mol. The van der Waals surface area contributed by atoms with Gasteiger partial charge in [0.05, 0.1) is 17.8 Å². The minimum atomic E-state index is -4.66. The van der Waals surface area contributed by atoms with Gasteiger partial charge in [-0.15, -0.1) is 0 Å². The fourth-order valence-corrected chi connectivity index (χ4v) is 3.67. The Hall–Kier alpha value is -2.06. The molecule has 0 fully saturated rings. The molecule has 0 spiro atoms. The number of halogens is 3. The van der Waals surface area contributed by atoms with E-state index < -0.39 is 61.5 Å². The summed E-state index contributed by atoms with van der Waals surface area (Å²) >= 11 is 0. The normalized spacial score (nSPS) is 15.2. The molecule has 0 heterocycles. The van der Waals surface area contributed by atoms with Crippen molar-refractivity contribution in [1.82, 2.24) is 0 Å². The van der Waals surface area contributed by atoms with E-state index in [9.17, 15) is 32.2 Å². The van der Waals surface area contributed by atoms with Crippen LogP contribution in [-0.4, -0.2) is 39.5 Å². The standard InChI is InChI=1S/C14H17F3NO6P/c15-14(16,17)10-3-1-2-4-11(10)18-8-25(23,24)7-9(13(21)22)5-6-12(19)20/h1-4,9,18H,5-8H2,(H,19,20)(H,21,22)(H,23,24). The Balaban J connectivity index is 2.80. The SMILES string of the molecule is O=C(O)CCC(CP(=O)(O)CNc1ccccc1C(F)(F)F)C(=O)O. The smallest absolute Gasteiger partial charge is 0.418 e. The summed E-state index contributed by atoms with van der Waals surface area (Å²) in [7, 11) is -4.15. The maximum atomic E-state index is 12.9. The summed E-state index contributed by atoms with van der Waals surface area (Å²) in [6, 6.07) is 4.37. The molecular formula is C14H17F3NO6P. The van der Waals surface area contributed by atoms with Gasteiger partial charge in [-0.3, -0.25) is 14.2 Å². The summed E-state index contributed by atoms with van der Waals surface area (Å²) < 4.78 is 50.7. The highest BCUT2D eigenvalue weighted by Gasteiger charge is 2.34. The molecule has 1 aromatic rings. The van der Waals surface area contributed by atoms with E-state index in [1.165, 1.54) is 12.1 Å². The number of carboxylic acids is 2. The van der Waals surface area contributed by atoms with Gasteiger partial charge in [0.1, 0.15) is 0 Å². The van der Waals surface area contributed by atoms with Gasteiger partial charge in [-0.2, -0.15) is 13.2 Å². The number of rotatable bonds is 9. The van der Waals surface area contributed by atoms with Crippen molar-refractivity contribution in [2.24, 2.45) is 5.92 Å². The fourth-order valence-electron chi connectivity index (χ4n) is 2.09. The van der Waals surface area contributed by atoms with E-state index in [2.05, 4.69) is 5.32 Å². The van der Waals surface area contributed by atoms with Crippen LogP contribution in [0.3, 0.4) is 0 Å². The number of anilines is 1. The van der Waals surface area contributed by atoms with Gasteiger partial charge < -0.3 is 20.4 Å². The van der Waals surface area contributed by atoms with E-state index in [1.807, 2.05) is 0 Å². The first-order valence-corrected chi connectivity index (χ1v) is 9.11. The zero-order valence-electron chi connectivity index (χ0n) is 12.9. The molecule has 7 nitrogen and oxygen atoms in total. The van der Waals surface area contributed by atoms with Crippen LogP contribution in [0, 0.1) is 5.92 Å². The highest BCUT2D eigenvalue weighted by molar-refractivity contribution is 7.58. The van der Waals surface area contributed by atoms with E-state index in [-0.39, 0.29) is 6.42 Å². The largest absolute Gasteiger partial charge is 0.481 e. The fraction of sp³-hybridized carbons (Fsp3) is 0.429. The number of carbonyl (C=O) groups is 2. The Kier molecular flexibility index (Phi) is 7.01. The van der Waals surface area contributed by atoms with E-state index in [0.717, 1.165) is 12.1 Å². The Labute approximate surface area is 140 Å². The molecule has 0 aliphatic carbocycles. The molecule has 0 aliphatic heterocycles. The minimum absolute atomic E-state index is 0.353.